The number of nitrogens with zero attached hydrogens (tertiary/aromatic N) is 3. The molecule has 0 spiro atoms. The molecular weight excluding hydrogens is 254 g/mol. The molecular formula is C15H19N3O2. The summed E-state index contributed by atoms with van der Waals surface area (Å²) in [7, 11) is 0. The zero-order valence-electron chi connectivity index (χ0n) is 12.0. The Bertz CT molecular complexity index is 669. The van der Waals surface area contributed by atoms with Crippen molar-refractivity contribution in [1.29, 1.82) is 0 Å². The van der Waals surface area contributed by atoms with Crippen LogP contribution in [0.2, 0.25) is 0 Å². The molecule has 1 aliphatic heterocycles. The van der Waals surface area contributed by atoms with E-state index in [4.69, 9.17) is 0 Å². The summed E-state index contributed by atoms with van der Waals surface area (Å²) in [6, 6.07) is 5.78. The van der Waals surface area contributed by atoms with Gasteiger partial charge >= 0.3 is 0 Å². The van der Waals surface area contributed by atoms with E-state index in [0.29, 0.717) is 18.8 Å². The topological polar surface area (TPSA) is 57.8 Å². The maximum absolute atomic E-state index is 12.4. The molecule has 0 atom stereocenters. The van der Waals surface area contributed by atoms with Crippen LogP contribution in [-0.2, 0) is 0 Å². The summed E-state index contributed by atoms with van der Waals surface area (Å²) < 4.78 is 1.90. The van der Waals surface area contributed by atoms with Gasteiger partial charge in [0.15, 0.2) is 0 Å². The molecule has 1 saturated heterocycles. The molecule has 0 radical (unpaired) electrons. The van der Waals surface area contributed by atoms with E-state index in [-0.39, 0.29) is 11.8 Å². The van der Waals surface area contributed by atoms with E-state index in [1.54, 1.807) is 11.1 Å². The minimum atomic E-state index is -0.745. The number of β-amino-alcohol motifs (C(OH)–C–C–N with tert-alkyl or cyclic N) is 1. The number of carbonyl (C=O) groups excluding carboxylic acids is 1. The Morgan fingerprint density at radius 1 is 1.40 bits per heavy atom. The first kappa shape index (κ1) is 13.1. The molecule has 106 valence electrons. The molecule has 1 aliphatic rings. The largest absolute Gasteiger partial charge is 0.386 e. The van der Waals surface area contributed by atoms with Crippen molar-refractivity contribution in [3.05, 3.63) is 35.8 Å². The predicted octanol–water partition coefficient (Wildman–Crippen LogP) is 1.49. The van der Waals surface area contributed by atoms with Gasteiger partial charge in [0, 0.05) is 11.9 Å². The van der Waals surface area contributed by atoms with Gasteiger partial charge in [-0.1, -0.05) is 19.9 Å². The van der Waals surface area contributed by atoms with Crippen molar-refractivity contribution >= 4 is 11.6 Å². The lowest BCUT2D eigenvalue weighted by atomic mass is 9.83. The van der Waals surface area contributed by atoms with Gasteiger partial charge in [-0.05, 0) is 25.0 Å². The van der Waals surface area contributed by atoms with Crippen LogP contribution in [0.25, 0.3) is 5.65 Å². The Labute approximate surface area is 117 Å². The Morgan fingerprint density at radius 2 is 2.10 bits per heavy atom. The number of hydrogen-bond acceptors (Lipinski definition) is 3. The normalized spacial score (nSPS) is 17.6. The van der Waals surface area contributed by atoms with Crippen molar-refractivity contribution in [2.45, 2.75) is 26.4 Å². The number of aromatic nitrogens is 2. The lowest BCUT2D eigenvalue weighted by molar-refractivity contribution is -0.111. The highest BCUT2D eigenvalue weighted by Gasteiger charge is 2.46. The second-order valence-corrected chi connectivity index (χ2v) is 5.94. The molecule has 3 rings (SSSR count). The summed E-state index contributed by atoms with van der Waals surface area (Å²) in [6.07, 6.45) is 1.76. The van der Waals surface area contributed by atoms with Gasteiger partial charge in [-0.3, -0.25) is 4.79 Å². The van der Waals surface area contributed by atoms with Gasteiger partial charge in [0.05, 0.1) is 13.1 Å². The zero-order valence-corrected chi connectivity index (χ0v) is 12.0. The maximum Gasteiger partial charge on any atom is 0.274 e. The smallest absolute Gasteiger partial charge is 0.274 e. The molecule has 0 aliphatic carbocycles. The molecule has 0 aromatic carbocycles. The molecule has 5 nitrogen and oxygen atoms in total. The molecule has 3 heterocycles. The standard InChI is InChI=1S/C15H19N3O2/c1-10(2)15(20)8-17(9-15)14(19)12-7-18-11(3)5-4-6-13(18)16-12/h4-7,10,20H,8-9H2,1-3H3. The van der Waals surface area contributed by atoms with Crippen LogP contribution >= 0.6 is 0 Å². The zero-order chi connectivity index (χ0) is 14.5. The summed E-state index contributed by atoms with van der Waals surface area (Å²) >= 11 is 0. The van der Waals surface area contributed by atoms with Crippen LogP contribution in [0.4, 0.5) is 0 Å². The van der Waals surface area contributed by atoms with Gasteiger partial charge in [-0.2, -0.15) is 0 Å². The summed E-state index contributed by atoms with van der Waals surface area (Å²) in [4.78, 5) is 18.4. The Kier molecular flexibility index (Phi) is 2.83. The third kappa shape index (κ3) is 1.89. The van der Waals surface area contributed by atoms with Crippen LogP contribution < -0.4 is 0 Å². The number of pyridine rings is 1. The number of carbonyl (C=O) groups is 1. The van der Waals surface area contributed by atoms with Crippen molar-refractivity contribution in [2.75, 3.05) is 13.1 Å². The second kappa shape index (κ2) is 4.31. The summed E-state index contributed by atoms with van der Waals surface area (Å²) in [6.45, 7) is 6.68. The van der Waals surface area contributed by atoms with Crippen LogP contribution in [0.5, 0.6) is 0 Å². The predicted molar refractivity (Wildman–Crippen MR) is 75.6 cm³/mol. The first-order valence-electron chi connectivity index (χ1n) is 6.87. The molecule has 0 unspecified atom stereocenters. The van der Waals surface area contributed by atoms with E-state index in [0.717, 1.165) is 11.3 Å². The lowest BCUT2D eigenvalue weighted by Gasteiger charge is -2.48. The summed E-state index contributed by atoms with van der Waals surface area (Å²) in [5, 5.41) is 10.2. The number of amides is 1. The third-order valence-corrected chi connectivity index (χ3v) is 4.21. The number of fused-ring (bicyclic) bond motifs is 1. The van der Waals surface area contributed by atoms with Crippen molar-refractivity contribution in [3.63, 3.8) is 0 Å². The number of likely N-dealkylation sites (tertiary alicyclic amines) is 1. The fourth-order valence-corrected chi connectivity index (χ4v) is 2.54. The van der Waals surface area contributed by atoms with Gasteiger partial charge in [-0.15, -0.1) is 0 Å². The van der Waals surface area contributed by atoms with Gasteiger partial charge in [0.1, 0.15) is 16.9 Å². The van der Waals surface area contributed by atoms with Crippen molar-refractivity contribution in [2.24, 2.45) is 5.92 Å². The van der Waals surface area contributed by atoms with Crippen LogP contribution in [0.1, 0.15) is 30.0 Å². The van der Waals surface area contributed by atoms with Gasteiger partial charge in [0.25, 0.3) is 5.91 Å². The van der Waals surface area contributed by atoms with Gasteiger partial charge in [-0.25, -0.2) is 4.98 Å². The van der Waals surface area contributed by atoms with Crippen LogP contribution in [0.3, 0.4) is 0 Å². The number of aryl methyl sites for hydroxylation is 1. The highest BCUT2D eigenvalue weighted by atomic mass is 16.3. The third-order valence-electron chi connectivity index (χ3n) is 4.21. The van der Waals surface area contributed by atoms with Crippen LogP contribution in [0, 0.1) is 12.8 Å². The molecule has 2 aromatic rings. The van der Waals surface area contributed by atoms with E-state index >= 15 is 0 Å². The Hall–Kier alpha value is -1.88. The molecule has 2 aromatic heterocycles. The Balaban J connectivity index is 1.83. The van der Waals surface area contributed by atoms with E-state index < -0.39 is 5.60 Å². The molecule has 5 heteroatoms. The summed E-state index contributed by atoms with van der Waals surface area (Å²) in [5.74, 6) is 0.0355. The quantitative estimate of drug-likeness (QED) is 0.901. The van der Waals surface area contributed by atoms with E-state index in [1.165, 1.54) is 0 Å². The maximum atomic E-state index is 12.4. The van der Waals surface area contributed by atoms with Gasteiger partial charge in [0.2, 0.25) is 0 Å². The highest BCUT2D eigenvalue weighted by Crippen LogP contribution is 2.29. The van der Waals surface area contributed by atoms with Crippen molar-refractivity contribution in [1.82, 2.24) is 14.3 Å². The van der Waals surface area contributed by atoms with Crippen molar-refractivity contribution in [3.8, 4) is 0 Å². The molecule has 0 bridgehead atoms. The first-order chi connectivity index (χ1) is 9.40. The average Bonchev–Trinajstić information content (AvgIpc) is 2.79. The Morgan fingerprint density at radius 3 is 2.70 bits per heavy atom. The molecule has 20 heavy (non-hydrogen) atoms. The SMILES string of the molecule is Cc1cccc2nc(C(=O)N3CC(O)(C(C)C)C3)cn12. The molecule has 1 fully saturated rings. The average molecular weight is 273 g/mol. The highest BCUT2D eigenvalue weighted by molar-refractivity contribution is 5.93. The van der Waals surface area contributed by atoms with Crippen molar-refractivity contribution < 1.29 is 9.90 Å². The fraction of sp³-hybridized carbons (Fsp3) is 0.467. The lowest BCUT2D eigenvalue weighted by Crippen LogP contribution is -2.66. The number of rotatable bonds is 2. The first-order valence-corrected chi connectivity index (χ1v) is 6.87. The minimum absolute atomic E-state index is 0.113. The molecule has 1 amide bonds. The van der Waals surface area contributed by atoms with E-state index in [2.05, 4.69) is 4.98 Å². The number of imidazole rings is 1. The van der Waals surface area contributed by atoms with E-state index in [9.17, 15) is 9.90 Å². The van der Waals surface area contributed by atoms with Crippen LogP contribution in [-0.4, -0.2) is 44.0 Å². The van der Waals surface area contributed by atoms with E-state index in [1.807, 2.05) is 43.4 Å². The summed E-state index contributed by atoms with van der Waals surface area (Å²) in [5.41, 5.74) is 1.50. The number of hydrogen-bond donors (Lipinski definition) is 1. The minimum Gasteiger partial charge on any atom is -0.386 e. The molecule has 0 saturated carbocycles. The molecule has 1 N–H and O–H groups in total. The number of aliphatic hydroxyl groups is 1. The van der Waals surface area contributed by atoms with Gasteiger partial charge < -0.3 is 14.4 Å². The monoisotopic (exact) mass is 273 g/mol. The second-order valence-electron chi connectivity index (χ2n) is 5.94. The fourth-order valence-electron chi connectivity index (χ4n) is 2.54. The van der Waals surface area contributed by atoms with Crippen LogP contribution in [0.15, 0.2) is 24.4 Å².